The summed E-state index contributed by atoms with van der Waals surface area (Å²) in [6, 6.07) is 2.08. The summed E-state index contributed by atoms with van der Waals surface area (Å²) in [6.45, 7) is 3.45. The van der Waals surface area contributed by atoms with E-state index in [1.165, 1.54) is 12.3 Å². The summed E-state index contributed by atoms with van der Waals surface area (Å²) in [7, 11) is 0. The van der Waals surface area contributed by atoms with Gasteiger partial charge in [-0.2, -0.15) is 0 Å². The summed E-state index contributed by atoms with van der Waals surface area (Å²) < 4.78 is 4.90. The maximum atomic E-state index is 11.7. The van der Waals surface area contributed by atoms with Crippen molar-refractivity contribution in [2.75, 3.05) is 13.1 Å². The summed E-state index contributed by atoms with van der Waals surface area (Å²) in [5.74, 6) is -2.33. The van der Waals surface area contributed by atoms with Crippen LogP contribution >= 0.6 is 0 Å². The molecule has 0 unspecified atom stereocenters. The molecule has 0 saturated heterocycles. The van der Waals surface area contributed by atoms with Gasteiger partial charge in [-0.05, 0) is 24.5 Å². The van der Waals surface area contributed by atoms with Gasteiger partial charge in [-0.25, -0.2) is 4.79 Å². The highest BCUT2D eigenvalue weighted by Crippen LogP contribution is 2.04. The predicted molar refractivity (Wildman–Crippen MR) is 87.7 cm³/mol. The Labute approximate surface area is 145 Å². The first kappa shape index (κ1) is 20.2. The summed E-state index contributed by atoms with van der Waals surface area (Å²) in [4.78, 5) is 46.0. The van der Waals surface area contributed by atoms with E-state index >= 15 is 0 Å². The second-order valence-corrected chi connectivity index (χ2v) is 5.85. The molecule has 0 aromatic carbocycles. The van der Waals surface area contributed by atoms with Gasteiger partial charge in [-0.15, -0.1) is 0 Å². The third-order valence-electron chi connectivity index (χ3n) is 3.17. The minimum Gasteiger partial charge on any atom is -0.480 e. The van der Waals surface area contributed by atoms with E-state index in [0.29, 0.717) is 6.42 Å². The number of hydrogen-bond donors (Lipinski definition) is 4. The normalized spacial score (nSPS) is 11.6. The van der Waals surface area contributed by atoms with Gasteiger partial charge >= 0.3 is 5.97 Å². The Balaban J connectivity index is 2.25. The molecule has 1 aromatic heterocycles. The molecule has 0 fully saturated rings. The molecule has 0 aliphatic heterocycles. The van der Waals surface area contributed by atoms with Gasteiger partial charge in [0.1, 0.15) is 6.04 Å². The molecule has 1 atom stereocenters. The number of carbonyl (C=O) groups is 4. The Kier molecular flexibility index (Phi) is 8.17. The second-order valence-electron chi connectivity index (χ2n) is 5.85. The van der Waals surface area contributed by atoms with E-state index in [0.717, 1.165) is 0 Å². The molecular weight excluding hydrogens is 330 g/mol. The number of carboxylic acids is 1. The van der Waals surface area contributed by atoms with Crippen LogP contribution in [0.1, 0.15) is 37.2 Å². The fourth-order valence-electron chi connectivity index (χ4n) is 1.99. The summed E-state index contributed by atoms with van der Waals surface area (Å²) in [5.41, 5.74) is 0. The van der Waals surface area contributed by atoms with E-state index in [9.17, 15) is 19.2 Å². The van der Waals surface area contributed by atoms with Crippen LogP contribution in [0.4, 0.5) is 0 Å². The maximum Gasteiger partial charge on any atom is 0.326 e. The molecular formula is C16H23N3O6. The first-order valence-corrected chi connectivity index (χ1v) is 7.90. The molecule has 1 aromatic rings. The molecule has 0 saturated carbocycles. The van der Waals surface area contributed by atoms with Crippen LogP contribution in [0.25, 0.3) is 0 Å². The van der Waals surface area contributed by atoms with Crippen LogP contribution in [0, 0.1) is 5.92 Å². The van der Waals surface area contributed by atoms with Crippen LogP contribution in [0.3, 0.4) is 0 Å². The number of carbonyl (C=O) groups excluding carboxylic acids is 3. The zero-order valence-corrected chi connectivity index (χ0v) is 14.2. The van der Waals surface area contributed by atoms with E-state index in [-0.39, 0.29) is 31.2 Å². The van der Waals surface area contributed by atoms with E-state index in [4.69, 9.17) is 9.52 Å². The number of hydrogen-bond acceptors (Lipinski definition) is 5. The molecule has 3 amide bonds. The molecule has 0 spiro atoms. The molecule has 4 N–H and O–H groups in total. The largest absolute Gasteiger partial charge is 0.480 e. The molecule has 0 bridgehead atoms. The standard InChI is InChI=1S/C16H23N3O6/c1-10(2)8-11(16(23)24)19-14(21)9-18-13(20)5-6-17-15(22)12-4-3-7-25-12/h3-4,7,10-11H,5-6,8-9H2,1-2H3,(H,17,22)(H,18,20)(H,19,21)(H,23,24)/t11-/m0/s1. The van der Waals surface area contributed by atoms with Gasteiger partial charge in [0.25, 0.3) is 5.91 Å². The predicted octanol–water partition coefficient (Wildman–Crippen LogP) is 0.131. The topological polar surface area (TPSA) is 138 Å². The lowest BCUT2D eigenvalue weighted by Crippen LogP contribution is -2.46. The SMILES string of the molecule is CC(C)C[C@H](NC(=O)CNC(=O)CCNC(=O)c1ccco1)C(=O)O. The zero-order valence-electron chi connectivity index (χ0n) is 14.2. The van der Waals surface area contributed by atoms with Crippen molar-refractivity contribution >= 4 is 23.7 Å². The van der Waals surface area contributed by atoms with Gasteiger partial charge in [-0.1, -0.05) is 13.8 Å². The number of furan rings is 1. The van der Waals surface area contributed by atoms with Crippen LogP contribution in [-0.2, 0) is 14.4 Å². The Bertz CT molecular complexity index is 597. The Morgan fingerprint density at radius 3 is 2.44 bits per heavy atom. The number of rotatable bonds is 10. The number of amides is 3. The fourth-order valence-corrected chi connectivity index (χ4v) is 1.99. The second kappa shape index (κ2) is 10.1. The minimum atomic E-state index is -1.12. The molecule has 0 aliphatic rings. The van der Waals surface area contributed by atoms with Crippen molar-refractivity contribution in [3.63, 3.8) is 0 Å². The van der Waals surface area contributed by atoms with Crippen LogP contribution < -0.4 is 16.0 Å². The van der Waals surface area contributed by atoms with E-state index < -0.39 is 29.7 Å². The molecule has 9 heteroatoms. The first-order valence-electron chi connectivity index (χ1n) is 7.90. The molecule has 1 heterocycles. The van der Waals surface area contributed by atoms with Crippen molar-refractivity contribution < 1.29 is 28.7 Å². The average Bonchev–Trinajstić information content (AvgIpc) is 3.06. The Morgan fingerprint density at radius 1 is 1.16 bits per heavy atom. The highest BCUT2D eigenvalue weighted by Gasteiger charge is 2.21. The fraction of sp³-hybridized carbons (Fsp3) is 0.500. The van der Waals surface area contributed by atoms with Crippen molar-refractivity contribution in [1.82, 2.24) is 16.0 Å². The number of aliphatic carboxylic acids is 1. The Hall–Kier alpha value is -2.84. The van der Waals surface area contributed by atoms with Crippen molar-refractivity contribution in [1.29, 1.82) is 0 Å². The van der Waals surface area contributed by atoms with Crippen LogP contribution in [-0.4, -0.2) is 47.9 Å². The first-order chi connectivity index (χ1) is 11.8. The average molecular weight is 353 g/mol. The van der Waals surface area contributed by atoms with Crippen LogP contribution in [0.2, 0.25) is 0 Å². The van der Waals surface area contributed by atoms with E-state index in [1.807, 2.05) is 13.8 Å². The summed E-state index contributed by atoms with van der Waals surface area (Å²) in [6.07, 6.45) is 1.64. The molecule has 9 nitrogen and oxygen atoms in total. The zero-order chi connectivity index (χ0) is 18.8. The lowest BCUT2D eigenvalue weighted by atomic mass is 10.0. The van der Waals surface area contributed by atoms with Gasteiger partial charge in [-0.3, -0.25) is 14.4 Å². The number of nitrogens with one attached hydrogen (secondary N) is 3. The van der Waals surface area contributed by atoms with Crippen molar-refractivity contribution in [3.05, 3.63) is 24.2 Å². The van der Waals surface area contributed by atoms with Gasteiger partial charge in [0.15, 0.2) is 5.76 Å². The summed E-state index contributed by atoms with van der Waals surface area (Å²) >= 11 is 0. The van der Waals surface area contributed by atoms with Crippen molar-refractivity contribution in [3.8, 4) is 0 Å². The molecule has 1 rings (SSSR count). The molecule has 25 heavy (non-hydrogen) atoms. The minimum absolute atomic E-state index is 0.0198. The monoisotopic (exact) mass is 353 g/mol. The van der Waals surface area contributed by atoms with Crippen molar-refractivity contribution in [2.24, 2.45) is 5.92 Å². The molecule has 0 aliphatic carbocycles. The van der Waals surface area contributed by atoms with Gasteiger partial charge < -0.3 is 25.5 Å². The molecule has 138 valence electrons. The van der Waals surface area contributed by atoms with Gasteiger partial charge in [0, 0.05) is 13.0 Å². The third-order valence-corrected chi connectivity index (χ3v) is 3.17. The third kappa shape index (κ3) is 8.00. The van der Waals surface area contributed by atoms with E-state index in [2.05, 4.69) is 16.0 Å². The Morgan fingerprint density at radius 2 is 1.88 bits per heavy atom. The lowest BCUT2D eigenvalue weighted by molar-refractivity contribution is -0.142. The summed E-state index contributed by atoms with van der Waals surface area (Å²) in [5, 5.41) is 16.3. The van der Waals surface area contributed by atoms with Gasteiger partial charge in [0.2, 0.25) is 11.8 Å². The number of carboxylic acid groups (broad SMARTS) is 1. The quantitative estimate of drug-likeness (QED) is 0.472. The van der Waals surface area contributed by atoms with Gasteiger partial charge in [0.05, 0.1) is 12.8 Å². The molecule has 0 radical (unpaired) electrons. The maximum absolute atomic E-state index is 11.7. The van der Waals surface area contributed by atoms with Crippen LogP contribution in [0.5, 0.6) is 0 Å². The highest BCUT2D eigenvalue weighted by molar-refractivity contribution is 5.92. The van der Waals surface area contributed by atoms with Crippen molar-refractivity contribution in [2.45, 2.75) is 32.7 Å². The highest BCUT2D eigenvalue weighted by atomic mass is 16.4. The smallest absolute Gasteiger partial charge is 0.326 e. The van der Waals surface area contributed by atoms with E-state index in [1.54, 1.807) is 6.07 Å². The van der Waals surface area contributed by atoms with Crippen LogP contribution in [0.15, 0.2) is 22.8 Å². The lowest BCUT2D eigenvalue weighted by Gasteiger charge is -2.16.